The summed E-state index contributed by atoms with van der Waals surface area (Å²) in [7, 11) is 0. The number of hydrogen-bond acceptors (Lipinski definition) is 6. The fraction of sp³-hybridized carbons (Fsp3) is 0.348. The molecule has 1 aliphatic carbocycles. The van der Waals surface area contributed by atoms with Gasteiger partial charge in [-0.1, -0.05) is 29.8 Å². The molecule has 0 fully saturated rings. The summed E-state index contributed by atoms with van der Waals surface area (Å²) in [6, 6.07) is 7.67. The first kappa shape index (κ1) is 21.8. The lowest BCUT2D eigenvalue weighted by atomic mass is 9.95. The van der Waals surface area contributed by atoms with Crippen LogP contribution in [0.3, 0.4) is 0 Å². The molecule has 1 heterocycles. The molecule has 1 N–H and O–H groups in total. The van der Waals surface area contributed by atoms with Crippen molar-refractivity contribution in [3.63, 3.8) is 0 Å². The minimum absolute atomic E-state index is 0.266. The maximum atomic E-state index is 12.4. The summed E-state index contributed by atoms with van der Waals surface area (Å²) in [6.07, 6.45) is 6.68. The van der Waals surface area contributed by atoms with Crippen LogP contribution >= 0.6 is 11.3 Å². The molecule has 1 aromatic heterocycles. The smallest absolute Gasteiger partial charge is 0.341 e. The van der Waals surface area contributed by atoms with E-state index >= 15 is 0 Å². The van der Waals surface area contributed by atoms with E-state index in [9.17, 15) is 14.4 Å². The minimum atomic E-state index is -0.609. The van der Waals surface area contributed by atoms with Crippen LogP contribution in [0.1, 0.15) is 51.7 Å². The molecule has 30 heavy (non-hydrogen) atoms. The van der Waals surface area contributed by atoms with Gasteiger partial charge in [-0.25, -0.2) is 9.59 Å². The van der Waals surface area contributed by atoms with Gasteiger partial charge in [0.05, 0.1) is 12.2 Å². The number of thiophene rings is 1. The van der Waals surface area contributed by atoms with Crippen molar-refractivity contribution >= 4 is 40.3 Å². The highest BCUT2D eigenvalue weighted by Crippen LogP contribution is 2.38. The number of aryl methyl sites for hydroxylation is 2. The average Bonchev–Trinajstić information content (AvgIpc) is 3.09. The van der Waals surface area contributed by atoms with E-state index in [0.717, 1.165) is 47.3 Å². The van der Waals surface area contributed by atoms with Crippen LogP contribution in [0.2, 0.25) is 0 Å². The van der Waals surface area contributed by atoms with Gasteiger partial charge in [0.1, 0.15) is 5.00 Å². The molecule has 2 aromatic rings. The lowest BCUT2D eigenvalue weighted by Crippen LogP contribution is -2.21. The fourth-order valence-corrected chi connectivity index (χ4v) is 4.56. The fourth-order valence-electron chi connectivity index (χ4n) is 3.26. The van der Waals surface area contributed by atoms with Crippen LogP contribution in [0.5, 0.6) is 0 Å². The van der Waals surface area contributed by atoms with E-state index < -0.39 is 24.5 Å². The molecule has 1 aliphatic rings. The first-order chi connectivity index (χ1) is 14.5. The molecular formula is C23H25NO5S. The van der Waals surface area contributed by atoms with Crippen molar-refractivity contribution in [1.82, 2.24) is 0 Å². The molecular weight excluding hydrogens is 402 g/mol. The summed E-state index contributed by atoms with van der Waals surface area (Å²) < 4.78 is 10.2. The van der Waals surface area contributed by atoms with Gasteiger partial charge in [0, 0.05) is 11.0 Å². The molecule has 3 rings (SSSR count). The van der Waals surface area contributed by atoms with Crippen molar-refractivity contribution in [2.45, 2.75) is 39.5 Å². The van der Waals surface area contributed by atoms with E-state index in [0.29, 0.717) is 10.6 Å². The van der Waals surface area contributed by atoms with Gasteiger partial charge in [-0.05, 0) is 56.7 Å². The number of carbonyl (C=O) groups is 3. The van der Waals surface area contributed by atoms with Gasteiger partial charge in [0.25, 0.3) is 5.91 Å². The van der Waals surface area contributed by atoms with Crippen LogP contribution in [0, 0.1) is 6.92 Å². The second-order valence-electron chi connectivity index (χ2n) is 7.04. The van der Waals surface area contributed by atoms with Crippen molar-refractivity contribution in [2.75, 3.05) is 18.5 Å². The number of hydrogen-bond donors (Lipinski definition) is 1. The molecule has 1 aromatic carbocycles. The summed E-state index contributed by atoms with van der Waals surface area (Å²) in [4.78, 5) is 37.8. The summed E-state index contributed by atoms with van der Waals surface area (Å²) in [6.45, 7) is 3.57. The van der Waals surface area contributed by atoms with E-state index in [1.54, 1.807) is 13.0 Å². The van der Waals surface area contributed by atoms with Gasteiger partial charge in [-0.15, -0.1) is 11.3 Å². The summed E-state index contributed by atoms with van der Waals surface area (Å²) in [5, 5.41) is 3.19. The third-order valence-electron chi connectivity index (χ3n) is 4.74. The number of benzene rings is 1. The van der Waals surface area contributed by atoms with E-state index in [4.69, 9.17) is 9.47 Å². The Balaban J connectivity index is 1.60. The first-order valence-electron chi connectivity index (χ1n) is 10.0. The van der Waals surface area contributed by atoms with Crippen molar-refractivity contribution in [1.29, 1.82) is 0 Å². The number of amides is 1. The standard InChI is InChI=1S/C23H25NO5S/c1-3-28-23(27)21-17-6-4-5-7-18(17)30-22(21)24-19(25)14-29-20(26)13-12-16-10-8-15(2)9-11-16/h8-13H,3-7,14H2,1-2H3,(H,24,25)/b13-12+. The first-order valence-corrected chi connectivity index (χ1v) is 10.8. The Kier molecular flexibility index (Phi) is 7.41. The quantitative estimate of drug-likeness (QED) is 0.526. The van der Waals surface area contributed by atoms with Crippen molar-refractivity contribution < 1.29 is 23.9 Å². The van der Waals surface area contributed by atoms with E-state index in [2.05, 4.69) is 5.32 Å². The lowest BCUT2D eigenvalue weighted by molar-refractivity contribution is -0.142. The molecule has 6 nitrogen and oxygen atoms in total. The van der Waals surface area contributed by atoms with Gasteiger partial charge in [-0.3, -0.25) is 4.79 Å². The number of rotatable bonds is 7. The zero-order valence-corrected chi connectivity index (χ0v) is 18.0. The molecule has 0 spiro atoms. The number of fused-ring (bicyclic) bond motifs is 1. The van der Waals surface area contributed by atoms with Crippen LogP contribution < -0.4 is 5.32 Å². The van der Waals surface area contributed by atoms with E-state index in [-0.39, 0.29) is 6.61 Å². The van der Waals surface area contributed by atoms with Crippen molar-refractivity contribution in [2.24, 2.45) is 0 Å². The molecule has 0 aliphatic heterocycles. The summed E-state index contributed by atoms with van der Waals surface area (Å²) in [5.41, 5.74) is 3.41. The molecule has 0 saturated heterocycles. The third kappa shape index (κ3) is 5.57. The second kappa shape index (κ2) is 10.2. The van der Waals surface area contributed by atoms with Crippen LogP contribution in [0.25, 0.3) is 6.08 Å². The van der Waals surface area contributed by atoms with Crippen molar-refractivity contribution in [3.05, 3.63) is 57.5 Å². The normalized spacial score (nSPS) is 13.0. The zero-order valence-electron chi connectivity index (χ0n) is 17.2. The molecule has 0 radical (unpaired) electrons. The van der Waals surface area contributed by atoms with Gasteiger partial charge in [0.2, 0.25) is 0 Å². The van der Waals surface area contributed by atoms with Crippen LogP contribution in [-0.4, -0.2) is 31.1 Å². The Morgan fingerprint density at radius 3 is 2.57 bits per heavy atom. The highest BCUT2D eigenvalue weighted by molar-refractivity contribution is 7.17. The maximum absolute atomic E-state index is 12.4. The Labute approximate surface area is 179 Å². The molecule has 0 atom stereocenters. The topological polar surface area (TPSA) is 81.7 Å². The predicted octanol–water partition coefficient (Wildman–Crippen LogP) is 4.31. The molecule has 0 unspecified atom stereocenters. The molecule has 158 valence electrons. The van der Waals surface area contributed by atoms with Gasteiger partial charge in [0.15, 0.2) is 6.61 Å². The monoisotopic (exact) mass is 427 g/mol. The molecule has 0 bridgehead atoms. The molecule has 1 amide bonds. The Morgan fingerprint density at radius 2 is 1.83 bits per heavy atom. The number of ether oxygens (including phenoxy) is 2. The van der Waals surface area contributed by atoms with E-state index in [1.165, 1.54) is 17.4 Å². The maximum Gasteiger partial charge on any atom is 0.341 e. The van der Waals surface area contributed by atoms with Gasteiger partial charge >= 0.3 is 11.9 Å². The Hall–Kier alpha value is -2.93. The zero-order chi connectivity index (χ0) is 21.5. The lowest BCUT2D eigenvalue weighted by Gasteiger charge is -2.12. The summed E-state index contributed by atoms with van der Waals surface area (Å²) in [5.74, 6) is -1.52. The van der Waals surface area contributed by atoms with Crippen LogP contribution in [-0.2, 0) is 31.9 Å². The highest BCUT2D eigenvalue weighted by Gasteiger charge is 2.27. The average molecular weight is 428 g/mol. The number of anilines is 1. The number of esters is 2. The Morgan fingerprint density at radius 1 is 1.10 bits per heavy atom. The number of carbonyl (C=O) groups excluding carboxylic acids is 3. The highest BCUT2D eigenvalue weighted by atomic mass is 32.1. The molecule has 7 heteroatoms. The van der Waals surface area contributed by atoms with E-state index in [1.807, 2.05) is 31.2 Å². The van der Waals surface area contributed by atoms with Crippen LogP contribution in [0.15, 0.2) is 30.3 Å². The van der Waals surface area contributed by atoms with Gasteiger partial charge < -0.3 is 14.8 Å². The minimum Gasteiger partial charge on any atom is -0.462 e. The second-order valence-corrected chi connectivity index (χ2v) is 8.14. The SMILES string of the molecule is CCOC(=O)c1c(NC(=O)COC(=O)/C=C/c2ccc(C)cc2)sc2c1CCCC2. The third-order valence-corrected chi connectivity index (χ3v) is 5.95. The van der Waals surface area contributed by atoms with Gasteiger partial charge in [-0.2, -0.15) is 0 Å². The predicted molar refractivity (Wildman–Crippen MR) is 117 cm³/mol. The molecule has 0 saturated carbocycles. The Bertz CT molecular complexity index is 959. The largest absolute Gasteiger partial charge is 0.462 e. The summed E-state index contributed by atoms with van der Waals surface area (Å²) >= 11 is 1.40. The number of nitrogens with one attached hydrogen (secondary N) is 1. The van der Waals surface area contributed by atoms with Crippen LogP contribution in [0.4, 0.5) is 5.00 Å². The van der Waals surface area contributed by atoms with Crippen molar-refractivity contribution in [3.8, 4) is 0 Å².